The molecule has 4 rings (SSSR count). The van der Waals surface area contributed by atoms with Crippen molar-refractivity contribution in [2.75, 3.05) is 0 Å². The third kappa shape index (κ3) is 2.31. The highest BCUT2D eigenvalue weighted by Crippen LogP contribution is 2.71. The van der Waals surface area contributed by atoms with Gasteiger partial charge in [-0.15, -0.1) is 0 Å². The van der Waals surface area contributed by atoms with Crippen molar-refractivity contribution in [3.05, 3.63) is 53.2 Å². The van der Waals surface area contributed by atoms with Crippen LogP contribution >= 0.6 is 0 Å². The summed E-state index contributed by atoms with van der Waals surface area (Å²) in [6.45, 7) is 12.6. The zero-order valence-corrected chi connectivity index (χ0v) is 16.2. The molecule has 2 bridgehead atoms. The van der Waals surface area contributed by atoms with Gasteiger partial charge in [-0.05, 0) is 46.6 Å². The lowest BCUT2D eigenvalue weighted by Crippen LogP contribution is -2.42. The molecular formula is C22H30Si. The van der Waals surface area contributed by atoms with E-state index in [9.17, 15) is 0 Å². The summed E-state index contributed by atoms with van der Waals surface area (Å²) in [5, 5.41) is 2.38. The molecule has 0 radical (unpaired) electrons. The van der Waals surface area contributed by atoms with Gasteiger partial charge in [-0.25, -0.2) is 0 Å². The monoisotopic (exact) mass is 322 g/mol. The molecule has 0 saturated heterocycles. The smallest absolute Gasteiger partial charge is 0.0807 e. The number of allylic oxidation sites excluding steroid dienone is 3. The van der Waals surface area contributed by atoms with Crippen molar-refractivity contribution in [1.82, 2.24) is 0 Å². The molecule has 0 spiro atoms. The Morgan fingerprint density at radius 2 is 1.74 bits per heavy atom. The number of hydrogen-bond donors (Lipinski definition) is 0. The highest BCUT2D eigenvalue weighted by atomic mass is 28.3. The second kappa shape index (κ2) is 4.96. The summed E-state index contributed by atoms with van der Waals surface area (Å²) >= 11 is 0. The van der Waals surface area contributed by atoms with Crippen LogP contribution in [0.15, 0.2) is 47.7 Å². The first-order chi connectivity index (χ1) is 10.8. The molecule has 5 atom stereocenters. The van der Waals surface area contributed by atoms with Crippen LogP contribution < -0.4 is 0 Å². The number of benzene rings is 1. The van der Waals surface area contributed by atoms with Gasteiger partial charge < -0.3 is 0 Å². The number of hydrogen-bond acceptors (Lipinski definition) is 0. The maximum atomic E-state index is 2.74. The lowest BCUT2D eigenvalue weighted by molar-refractivity contribution is 0.523. The zero-order valence-electron chi connectivity index (χ0n) is 15.2. The largest absolute Gasteiger partial charge is 0.0854 e. The van der Waals surface area contributed by atoms with Crippen LogP contribution in [0.2, 0.25) is 18.1 Å². The third-order valence-electron chi connectivity index (χ3n) is 7.38. The van der Waals surface area contributed by atoms with E-state index < -0.39 is 8.07 Å². The topological polar surface area (TPSA) is 0 Å². The Kier molecular flexibility index (Phi) is 3.33. The van der Waals surface area contributed by atoms with E-state index in [2.05, 4.69) is 82.4 Å². The van der Waals surface area contributed by atoms with Gasteiger partial charge in [0.2, 0.25) is 0 Å². The van der Waals surface area contributed by atoms with Crippen molar-refractivity contribution in [3.8, 4) is 0 Å². The molecule has 0 aliphatic heterocycles. The molecule has 0 N–H and O–H groups in total. The van der Waals surface area contributed by atoms with Gasteiger partial charge >= 0.3 is 0 Å². The Balaban J connectivity index is 1.51. The van der Waals surface area contributed by atoms with Gasteiger partial charge in [-0.3, -0.25) is 0 Å². The van der Waals surface area contributed by atoms with Crippen LogP contribution in [0.5, 0.6) is 0 Å². The Bertz CT molecular complexity index is 659. The molecule has 0 aromatic heterocycles. The van der Waals surface area contributed by atoms with Gasteiger partial charge in [0.25, 0.3) is 0 Å². The summed E-state index contributed by atoms with van der Waals surface area (Å²) in [4.78, 5) is 0. The van der Waals surface area contributed by atoms with E-state index in [4.69, 9.17) is 0 Å². The average Bonchev–Trinajstić information content (AvgIpc) is 2.89. The maximum absolute atomic E-state index is 2.74. The summed E-state index contributed by atoms with van der Waals surface area (Å²) in [6.07, 6.45) is 9.08. The van der Waals surface area contributed by atoms with Gasteiger partial charge in [0.05, 0.1) is 8.07 Å². The van der Waals surface area contributed by atoms with Crippen LogP contribution in [0.3, 0.4) is 0 Å². The van der Waals surface area contributed by atoms with Crippen molar-refractivity contribution in [3.63, 3.8) is 0 Å². The molecule has 0 amide bonds. The Morgan fingerprint density at radius 1 is 1.04 bits per heavy atom. The summed E-state index contributed by atoms with van der Waals surface area (Å²) in [6, 6.07) is 10.8. The lowest BCUT2D eigenvalue weighted by atomic mass is 10.0. The van der Waals surface area contributed by atoms with E-state index in [0.29, 0.717) is 5.04 Å². The molecule has 1 aromatic rings. The number of fused-ring (bicyclic) bond motifs is 5. The molecule has 1 aromatic carbocycles. The Morgan fingerprint density at radius 3 is 2.39 bits per heavy atom. The first kappa shape index (κ1) is 15.4. The summed E-state index contributed by atoms with van der Waals surface area (Å²) in [5.74, 6) is 4.58. The zero-order chi connectivity index (χ0) is 16.4. The minimum absolute atomic E-state index is 0.475. The molecule has 3 aliphatic carbocycles. The van der Waals surface area contributed by atoms with Gasteiger partial charge in [0.15, 0.2) is 0 Å². The third-order valence-corrected chi connectivity index (χ3v) is 13.1. The van der Waals surface area contributed by atoms with E-state index in [0.717, 1.165) is 29.6 Å². The van der Waals surface area contributed by atoms with E-state index in [1.165, 1.54) is 12.0 Å². The van der Waals surface area contributed by atoms with Crippen molar-refractivity contribution < 1.29 is 0 Å². The molecular weight excluding hydrogens is 292 g/mol. The van der Waals surface area contributed by atoms with Crippen LogP contribution in [-0.4, -0.2) is 8.07 Å². The fraction of sp³-hybridized carbons (Fsp3) is 0.545. The molecule has 0 heterocycles. The molecule has 1 heteroatoms. The molecule has 5 unspecified atom stereocenters. The van der Waals surface area contributed by atoms with Crippen molar-refractivity contribution >= 4 is 14.1 Å². The molecule has 0 nitrogen and oxygen atoms in total. The minimum atomic E-state index is -1.32. The van der Waals surface area contributed by atoms with Crippen LogP contribution in [0.1, 0.15) is 32.8 Å². The molecule has 23 heavy (non-hydrogen) atoms. The molecule has 2 fully saturated rings. The van der Waals surface area contributed by atoms with Crippen molar-refractivity contribution in [1.29, 1.82) is 0 Å². The SMILES string of the molecule is CC(C)(C)[Si](C)(C)C1=CC2CC1C1C(/C=C/c3ccccc3)C21. The molecule has 3 aliphatic rings. The van der Waals surface area contributed by atoms with Crippen LogP contribution in [0, 0.1) is 29.6 Å². The van der Waals surface area contributed by atoms with Crippen molar-refractivity contribution in [2.45, 2.75) is 45.3 Å². The summed E-state index contributed by atoms with van der Waals surface area (Å²) in [7, 11) is -1.32. The van der Waals surface area contributed by atoms with E-state index in [1.54, 1.807) is 0 Å². The fourth-order valence-corrected chi connectivity index (χ4v) is 7.85. The van der Waals surface area contributed by atoms with Crippen LogP contribution in [0.4, 0.5) is 0 Å². The predicted octanol–water partition coefficient (Wildman–Crippen LogP) is 6.19. The highest BCUT2D eigenvalue weighted by Gasteiger charge is 2.66. The van der Waals surface area contributed by atoms with Gasteiger partial charge in [0, 0.05) is 0 Å². The summed E-state index contributed by atoms with van der Waals surface area (Å²) < 4.78 is 0. The van der Waals surface area contributed by atoms with Crippen LogP contribution in [0.25, 0.3) is 6.08 Å². The van der Waals surface area contributed by atoms with Gasteiger partial charge in [-0.1, -0.05) is 87.6 Å². The molecule has 2 saturated carbocycles. The Hall–Kier alpha value is -1.08. The standard InChI is InChI=1S/C22H30Si/c1-22(2,3)23(4,5)19-14-16-13-18(19)21-17(20(16)21)12-11-15-9-7-6-8-10-15/h6-12,14,16-18,20-21H,13H2,1-5H3/b12-11+. The maximum Gasteiger partial charge on any atom is 0.0807 e. The van der Waals surface area contributed by atoms with Gasteiger partial charge in [-0.2, -0.15) is 0 Å². The first-order valence-corrected chi connectivity index (χ1v) is 12.3. The van der Waals surface area contributed by atoms with Gasteiger partial charge in [0.1, 0.15) is 0 Å². The summed E-state index contributed by atoms with van der Waals surface area (Å²) in [5.41, 5.74) is 1.35. The molecule has 122 valence electrons. The lowest BCUT2D eigenvalue weighted by Gasteiger charge is -2.41. The first-order valence-electron chi connectivity index (χ1n) is 9.26. The van der Waals surface area contributed by atoms with E-state index in [1.807, 2.05) is 5.20 Å². The quantitative estimate of drug-likeness (QED) is 0.582. The van der Waals surface area contributed by atoms with E-state index >= 15 is 0 Å². The number of rotatable bonds is 3. The highest BCUT2D eigenvalue weighted by molar-refractivity contribution is 6.87. The minimum Gasteiger partial charge on any atom is -0.0854 e. The second-order valence-electron chi connectivity index (χ2n) is 9.50. The predicted molar refractivity (Wildman–Crippen MR) is 103 cm³/mol. The van der Waals surface area contributed by atoms with Crippen molar-refractivity contribution in [2.24, 2.45) is 29.6 Å². The van der Waals surface area contributed by atoms with E-state index in [-0.39, 0.29) is 0 Å². The fourth-order valence-electron chi connectivity index (χ4n) is 5.12. The Labute approximate surface area is 142 Å². The normalized spacial score (nSPS) is 35.5. The van der Waals surface area contributed by atoms with Crippen LogP contribution in [-0.2, 0) is 0 Å². The average molecular weight is 323 g/mol. The second-order valence-corrected chi connectivity index (χ2v) is 14.8.